The molecule has 13 heteroatoms. The van der Waals surface area contributed by atoms with Crippen LogP contribution in [0, 0.1) is 5.92 Å². The summed E-state index contributed by atoms with van der Waals surface area (Å²) in [5.74, 6) is 2.21. The lowest BCUT2D eigenvalue weighted by Gasteiger charge is -2.34. The smallest absolute Gasteiger partial charge is 0.408 e. The largest absolute Gasteiger partial charge is 0.497 e. The van der Waals surface area contributed by atoms with E-state index in [-0.39, 0.29) is 13.2 Å². The number of methoxy groups -OCH3 is 1. The molecule has 0 bridgehead atoms. The van der Waals surface area contributed by atoms with Crippen molar-refractivity contribution < 1.29 is 24.2 Å². The molecule has 1 aliphatic rings. The number of carbonyl (C=O) groups excluding carboxylic acids is 1. The van der Waals surface area contributed by atoms with Crippen LogP contribution in [0.1, 0.15) is 30.9 Å². The van der Waals surface area contributed by atoms with E-state index in [9.17, 15) is 14.7 Å². The summed E-state index contributed by atoms with van der Waals surface area (Å²) in [5.41, 5.74) is 3.52. The second-order valence-electron chi connectivity index (χ2n) is 10.6. The van der Waals surface area contributed by atoms with E-state index in [4.69, 9.17) is 9.47 Å². The minimum absolute atomic E-state index is 0.0456. The summed E-state index contributed by atoms with van der Waals surface area (Å²) < 4.78 is 10.5. The number of nitrogens with one attached hydrogen (secondary N) is 4. The molecule has 1 fully saturated rings. The van der Waals surface area contributed by atoms with Gasteiger partial charge in [-0.3, -0.25) is 0 Å². The average molecular weight is 603 g/mol. The Balaban J connectivity index is 1.13. The number of rotatable bonds is 13. The van der Waals surface area contributed by atoms with Gasteiger partial charge in [-0.15, -0.1) is 0 Å². The molecule has 0 radical (unpaired) electrons. The van der Waals surface area contributed by atoms with Crippen molar-refractivity contribution in [3.8, 4) is 5.75 Å². The molecule has 0 saturated carbocycles. The Morgan fingerprint density at radius 2 is 1.91 bits per heavy atom. The number of carboxylic acid groups (broad SMARTS) is 1. The fourth-order valence-electron chi connectivity index (χ4n) is 5.25. The first-order valence-electron chi connectivity index (χ1n) is 14.7. The Morgan fingerprint density at radius 1 is 1.11 bits per heavy atom. The van der Waals surface area contributed by atoms with Crippen molar-refractivity contribution >= 4 is 40.7 Å². The molecule has 1 saturated heterocycles. The summed E-state index contributed by atoms with van der Waals surface area (Å²) in [6, 6.07) is 13.7. The first-order chi connectivity index (χ1) is 21.4. The van der Waals surface area contributed by atoms with E-state index in [0.29, 0.717) is 18.2 Å². The number of hydrogen-bond donors (Lipinski definition) is 5. The molecule has 0 aliphatic carbocycles. The molecular formula is C31H38N8O5. The molecule has 44 heavy (non-hydrogen) atoms. The van der Waals surface area contributed by atoms with E-state index in [0.717, 1.165) is 72.2 Å². The van der Waals surface area contributed by atoms with Crippen LogP contribution in [0.25, 0.3) is 11.0 Å². The zero-order valence-corrected chi connectivity index (χ0v) is 24.9. The summed E-state index contributed by atoms with van der Waals surface area (Å²) in [5, 5.41) is 18.7. The van der Waals surface area contributed by atoms with Gasteiger partial charge in [0.05, 0.1) is 18.1 Å². The van der Waals surface area contributed by atoms with Crippen LogP contribution in [0.2, 0.25) is 0 Å². The number of carboxylic acids is 1. The maximum atomic E-state index is 12.3. The average Bonchev–Trinajstić information content (AvgIpc) is 3.47. The fourth-order valence-corrected chi connectivity index (χ4v) is 5.25. The highest BCUT2D eigenvalue weighted by molar-refractivity contribution is 5.81. The Hall–Kier alpha value is -5.07. The number of piperidine rings is 1. The van der Waals surface area contributed by atoms with Crippen LogP contribution < -0.4 is 25.6 Å². The molecule has 5 rings (SSSR count). The maximum absolute atomic E-state index is 12.3. The molecule has 5 N–H and O–H groups in total. The van der Waals surface area contributed by atoms with Gasteiger partial charge in [-0.25, -0.2) is 24.5 Å². The van der Waals surface area contributed by atoms with Crippen LogP contribution >= 0.6 is 0 Å². The van der Waals surface area contributed by atoms with Crippen molar-refractivity contribution in [3.05, 3.63) is 66.0 Å². The van der Waals surface area contributed by atoms with Crippen LogP contribution in [0.5, 0.6) is 5.75 Å². The SMILES string of the molecule is CCc1c(NC[C@H](NC(=O)OCc2ccccc2)C(=O)O)ncnc1N1CCC(CNc2nc3ccc(OC)cc3[nH]2)CC1. The van der Waals surface area contributed by atoms with Gasteiger partial charge in [-0.1, -0.05) is 37.3 Å². The lowest BCUT2D eigenvalue weighted by molar-refractivity contribution is -0.139. The summed E-state index contributed by atoms with van der Waals surface area (Å²) in [7, 11) is 1.65. The predicted molar refractivity (Wildman–Crippen MR) is 167 cm³/mol. The van der Waals surface area contributed by atoms with Gasteiger partial charge >= 0.3 is 12.1 Å². The Labute approximate surface area is 255 Å². The van der Waals surface area contributed by atoms with Crippen LogP contribution in [0.3, 0.4) is 0 Å². The van der Waals surface area contributed by atoms with Gasteiger partial charge in [-0.05, 0) is 42.9 Å². The molecule has 2 aromatic heterocycles. The third kappa shape index (κ3) is 7.65. The third-order valence-electron chi connectivity index (χ3n) is 7.71. The normalized spacial score (nSPS) is 14.2. The summed E-state index contributed by atoms with van der Waals surface area (Å²) in [6.07, 6.45) is 3.29. The quantitative estimate of drug-likeness (QED) is 0.150. The molecule has 3 heterocycles. The predicted octanol–water partition coefficient (Wildman–Crippen LogP) is 4.04. The number of imidazole rings is 1. The minimum atomic E-state index is -1.21. The van der Waals surface area contributed by atoms with Gasteiger partial charge in [0.15, 0.2) is 0 Å². The summed E-state index contributed by atoms with van der Waals surface area (Å²) >= 11 is 0. The molecule has 2 aromatic carbocycles. The van der Waals surface area contributed by atoms with Gasteiger partial charge in [0.1, 0.15) is 36.4 Å². The first-order valence-corrected chi connectivity index (χ1v) is 14.7. The van der Waals surface area contributed by atoms with Crippen LogP contribution in [-0.2, 0) is 22.6 Å². The first kappa shape index (κ1) is 30.4. The number of aliphatic carboxylic acids is 1. The highest BCUT2D eigenvalue weighted by atomic mass is 16.5. The monoisotopic (exact) mass is 602 g/mol. The van der Waals surface area contributed by atoms with E-state index < -0.39 is 18.1 Å². The Kier molecular flexibility index (Phi) is 9.95. The molecule has 4 aromatic rings. The van der Waals surface area contributed by atoms with Gasteiger partial charge in [-0.2, -0.15) is 0 Å². The molecule has 1 aliphatic heterocycles. The van der Waals surface area contributed by atoms with E-state index in [1.807, 2.05) is 55.5 Å². The van der Waals surface area contributed by atoms with Crippen LogP contribution in [0.4, 0.5) is 22.4 Å². The van der Waals surface area contributed by atoms with Crippen LogP contribution in [-0.4, -0.2) is 76.4 Å². The molecule has 1 atom stereocenters. The number of anilines is 3. The van der Waals surface area contributed by atoms with E-state index >= 15 is 0 Å². The topological polar surface area (TPSA) is 167 Å². The van der Waals surface area contributed by atoms with E-state index in [1.54, 1.807) is 7.11 Å². The number of alkyl carbamates (subject to hydrolysis) is 1. The number of nitrogens with zero attached hydrogens (tertiary/aromatic N) is 4. The zero-order chi connectivity index (χ0) is 30.9. The molecule has 13 nitrogen and oxygen atoms in total. The minimum Gasteiger partial charge on any atom is -0.497 e. The summed E-state index contributed by atoms with van der Waals surface area (Å²) in [6.45, 7) is 4.46. The lowest BCUT2D eigenvalue weighted by Crippen LogP contribution is -2.45. The maximum Gasteiger partial charge on any atom is 0.408 e. The highest BCUT2D eigenvalue weighted by Gasteiger charge is 2.25. The lowest BCUT2D eigenvalue weighted by atomic mass is 9.96. The van der Waals surface area contributed by atoms with Gasteiger partial charge in [0.25, 0.3) is 0 Å². The molecular weight excluding hydrogens is 564 g/mol. The molecule has 0 unspecified atom stereocenters. The van der Waals surface area contributed by atoms with Gasteiger partial charge < -0.3 is 40.4 Å². The van der Waals surface area contributed by atoms with E-state index in [2.05, 4.69) is 40.8 Å². The number of ether oxygens (including phenoxy) is 2. The second-order valence-corrected chi connectivity index (χ2v) is 10.6. The van der Waals surface area contributed by atoms with Crippen molar-refractivity contribution in [3.63, 3.8) is 0 Å². The molecule has 0 spiro atoms. The zero-order valence-electron chi connectivity index (χ0n) is 24.9. The Bertz CT molecular complexity index is 1560. The number of fused-ring (bicyclic) bond motifs is 1. The van der Waals surface area contributed by atoms with Crippen molar-refractivity contribution in [1.82, 2.24) is 25.3 Å². The number of carbonyl (C=O) groups is 2. The van der Waals surface area contributed by atoms with Crippen LogP contribution in [0.15, 0.2) is 54.9 Å². The number of H-pyrrole nitrogens is 1. The van der Waals surface area contributed by atoms with Crippen molar-refractivity contribution in [2.75, 3.05) is 48.8 Å². The number of hydrogen-bond acceptors (Lipinski definition) is 10. The molecule has 1 amide bonds. The fraction of sp³-hybridized carbons (Fsp3) is 0.387. The standard InChI is InChI=1S/C31H38N8O5/c1-3-23-27(32-17-26(29(40)41)38-31(42)44-18-21-7-5-4-6-8-21)34-19-35-28(23)39-13-11-20(12-14-39)16-33-30-36-24-10-9-22(43-2)15-25(24)37-30/h4-10,15,19-20,26H,3,11-14,16-18H2,1-2H3,(H,38,42)(H,40,41)(H,32,34,35)(H2,33,36,37)/t26-/m0/s1. The Morgan fingerprint density at radius 3 is 2.64 bits per heavy atom. The number of amides is 1. The van der Waals surface area contributed by atoms with E-state index in [1.165, 1.54) is 6.33 Å². The van der Waals surface area contributed by atoms with Crippen molar-refractivity contribution in [2.45, 2.75) is 38.8 Å². The van der Waals surface area contributed by atoms with Gasteiger partial charge in [0, 0.05) is 37.8 Å². The second kappa shape index (κ2) is 14.4. The van der Waals surface area contributed by atoms with Gasteiger partial charge in [0.2, 0.25) is 5.95 Å². The van der Waals surface area contributed by atoms with Crippen molar-refractivity contribution in [2.24, 2.45) is 5.92 Å². The number of aromatic nitrogens is 4. The van der Waals surface area contributed by atoms with Crippen molar-refractivity contribution in [1.29, 1.82) is 0 Å². The number of aromatic amines is 1. The molecule has 232 valence electrons. The highest BCUT2D eigenvalue weighted by Crippen LogP contribution is 2.29. The third-order valence-corrected chi connectivity index (χ3v) is 7.71. The summed E-state index contributed by atoms with van der Waals surface area (Å²) in [4.78, 5) is 43.3. The number of benzene rings is 2.